The summed E-state index contributed by atoms with van der Waals surface area (Å²) in [5.74, 6) is -0.408. The van der Waals surface area contributed by atoms with E-state index in [1.165, 1.54) is 11.8 Å². The Morgan fingerprint density at radius 1 is 1.08 bits per heavy atom. The Morgan fingerprint density at radius 3 is 2.52 bits per heavy atom. The number of ketones is 1. The van der Waals surface area contributed by atoms with E-state index >= 15 is 0 Å². The largest absolute Gasteiger partial charge is 0.454 e. The van der Waals surface area contributed by atoms with Crippen LogP contribution < -0.4 is 0 Å². The maximum atomic E-state index is 12.7. The van der Waals surface area contributed by atoms with E-state index in [1.54, 1.807) is 6.92 Å². The summed E-state index contributed by atoms with van der Waals surface area (Å²) in [5, 5.41) is 0.853. The Balaban J connectivity index is 1.66. The van der Waals surface area contributed by atoms with Crippen molar-refractivity contribution in [1.82, 2.24) is 4.98 Å². The molecule has 0 bridgehead atoms. The van der Waals surface area contributed by atoms with Gasteiger partial charge in [0.2, 0.25) is 5.78 Å². The zero-order chi connectivity index (χ0) is 17.8. The number of aryl methyl sites for hydroxylation is 1. The normalized spacial score (nSPS) is 12.1. The van der Waals surface area contributed by atoms with E-state index in [0.29, 0.717) is 5.56 Å². The molecule has 4 nitrogen and oxygen atoms in total. The number of H-pyrrole nitrogens is 1. The number of hydrogen-bond acceptors (Lipinski definition) is 4. The summed E-state index contributed by atoms with van der Waals surface area (Å²) in [6, 6.07) is 17.2. The van der Waals surface area contributed by atoms with Crippen molar-refractivity contribution in [2.45, 2.75) is 24.8 Å². The molecule has 128 valence electrons. The molecule has 0 fully saturated rings. The number of ether oxygens (including phenoxy) is 1. The minimum Gasteiger partial charge on any atom is -0.454 e. The number of benzene rings is 2. The van der Waals surface area contributed by atoms with E-state index in [0.717, 1.165) is 21.5 Å². The van der Waals surface area contributed by atoms with Crippen molar-refractivity contribution in [2.24, 2.45) is 0 Å². The SMILES string of the molecule is Cc1[nH]c2ccccc2c1C(=O)[C@@H](C)OC(=O)CSc1ccccc1. The quantitative estimate of drug-likeness (QED) is 0.406. The van der Waals surface area contributed by atoms with Crippen molar-refractivity contribution in [3.63, 3.8) is 0 Å². The van der Waals surface area contributed by atoms with Gasteiger partial charge in [0.1, 0.15) is 0 Å². The molecule has 3 rings (SSSR count). The number of aromatic nitrogens is 1. The number of carbonyl (C=O) groups is 2. The predicted molar refractivity (Wildman–Crippen MR) is 100 cm³/mol. The molecule has 1 atom stereocenters. The van der Waals surface area contributed by atoms with Gasteiger partial charge in [0, 0.05) is 27.1 Å². The molecule has 1 aromatic heterocycles. The summed E-state index contributed by atoms with van der Waals surface area (Å²) < 4.78 is 5.34. The van der Waals surface area contributed by atoms with Crippen LogP contribution in [0.3, 0.4) is 0 Å². The lowest BCUT2D eigenvalue weighted by atomic mass is 10.0. The molecule has 1 heterocycles. The number of rotatable bonds is 6. The number of hydrogen-bond donors (Lipinski definition) is 1. The van der Waals surface area contributed by atoms with Crippen LogP contribution in [0.2, 0.25) is 0 Å². The molecule has 0 aliphatic carbocycles. The lowest BCUT2D eigenvalue weighted by Gasteiger charge is -2.12. The average Bonchev–Trinajstić information content (AvgIpc) is 2.96. The monoisotopic (exact) mass is 353 g/mol. The molecule has 0 saturated carbocycles. The van der Waals surface area contributed by atoms with Crippen molar-refractivity contribution in [3.05, 3.63) is 65.9 Å². The second-order valence-corrected chi connectivity index (χ2v) is 6.82. The molecule has 0 unspecified atom stereocenters. The molecular formula is C20H19NO3S. The van der Waals surface area contributed by atoms with Crippen LogP contribution >= 0.6 is 11.8 Å². The van der Waals surface area contributed by atoms with Crippen molar-refractivity contribution in [1.29, 1.82) is 0 Å². The number of nitrogens with one attached hydrogen (secondary N) is 1. The third-order valence-corrected chi connectivity index (χ3v) is 4.90. The molecular weight excluding hydrogens is 334 g/mol. The van der Waals surface area contributed by atoms with Crippen molar-refractivity contribution in [3.8, 4) is 0 Å². The van der Waals surface area contributed by atoms with Gasteiger partial charge >= 0.3 is 5.97 Å². The summed E-state index contributed by atoms with van der Waals surface area (Å²) in [4.78, 5) is 29.0. The summed E-state index contributed by atoms with van der Waals surface area (Å²) in [7, 11) is 0. The molecule has 5 heteroatoms. The van der Waals surface area contributed by atoms with Gasteiger partial charge in [0.05, 0.1) is 5.75 Å². The van der Waals surface area contributed by atoms with Gasteiger partial charge in [-0.2, -0.15) is 0 Å². The predicted octanol–water partition coefficient (Wildman–Crippen LogP) is 4.38. The first-order valence-electron chi connectivity index (χ1n) is 8.05. The van der Waals surface area contributed by atoms with Gasteiger partial charge in [-0.1, -0.05) is 36.4 Å². The molecule has 25 heavy (non-hydrogen) atoms. The number of Topliss-reactive ketones (excluding diaryl/α,β-unsaturated/α-hetero) is 1. The fraction of sp³-hybridized carbons (Fsp3) is 0.200. The Hall–Kier alpha value is -2.53. The van der Waals surface area contributed by atoms with Gasteiger partial charge in [0.15, 0.2) is 6.10 Å². The fourth-order valence-corrected chi connectivity index (χ4v) is 3.44. The Kier molecular flexibility index (Phi) is 5.24. The fourth-order valence-electron chi connectivity index (χ4n) is 2.74. The third kappa shape index (κ3) is 3.94. The average molecular weight is 353 g/mol. The first kappa shape index (κ1) is 17.3. The van der Waals surface area contributed by atoms with Crippen LogP contribution in [0.15, 0.2) is 59.5 Å². The van der Waals surface area contributed by atoms with Crippen LogP contribution in [-0.4, -0.2) is 28.6 Å². The Bertz CT molecular complexity index is 902. The van der Waals surface area contributed by atoms with Gasteiger partial charge in [-0.15, -0.1) is 11.8 Å². The summed E-state index contributed by atoms with van der Waals surface area (Å²) in [6.45, 7) is 3.47. The van der Waals surface area contributed by atoms with E-state index < -0.39 is 12.1 Å². The van der Waals surface area contributed by atoms with Gasteiger partial charge in [-0.25, -0.2) is 0 Å². The number of fused-ring (bicyclic) bond motifs is 1. The summed E-state index contributed by atoms with van der Waals surface area (Å²) >= 11 is 1.39. The highest BCUT2D eigenvalue weighted by atomic mass is 32.2. The number of esters is 1. The van der Waals surface area contributed by atoms with Crippen LogP contribution in [0.25, 0.3) is 10.9 Å². The number of thioether (sulfide) groups is 1. The molecule has 0 amide bonds. The zero-order valence-corrected chi connectivity index (χ0v) is 14.9. The Labute approximate surface area is 150 Å². The van der Waals surface area contributed by atoms with Crippen LogP contribution in [0.1, 0.15) is 23.0 Å². The second kappa shape index (κ2) is 7.57. The van der Waals surface area contributed by atoms with Gasteiger partial charge < -0.3 is 9.72 Å². The van der Waals surface area contributed by atoms with E-state index in [-0.39, 0.29) is 11.5 Å². The minimum atomic E-state index is -0.818. The molecule has 0 saturated heterocycles. The third-order valence-electron chi connectivity index (χ3n) is 3.92. The molecule has 0 radical (unpaired) electrons. The van der Waals surface area contributed by atoms with Crippen LogP contribution in [0.5, 0.6) is 0 Å². The first-order valence-corrected chi connectivity index (χ1v) is 9.03. The lowest BCUT2D eigenvalue weighted by Crippen LogP contribution is -2.25. The molecule has 1 N–H and O–H groups in total. The molecule has 0 spiro atoms. The number of carbonyl (C=O) groups excluding carboxylic acids is 2. The maximum absolute atomic E-state index is 12.7. The second-order valence-electron chi connectivity index (χ2n) is 5.77. The minimum absolute atomic E-state index is 0.175. The standard InChI is InChI=1S/C20H19NO3S/c1-13-19(16-10-6-7-11-17(16)21-13)20(23)14(2)24-18(22)12-25-15-8-4-3-5-9-15/h3-11,14,21H,12H2,1-2H3/t14-/m1/s1. The summed E-state index contributed by atoms with van der Waals surface area (Å²) in [6.07, 6.45) is -0.818. The van der Waals surface area contributed by atoms with E-state index in [2.05, 4.69) is 4.98 Å². The van der Waals surface area contributed by atoms with E-state index in [9.17, 15) is 9.59 Å². The highest BCUT2D eigenvalue weighted by Gasteiger charge is 2.24. The Morgan fingerprint density at radius 2 is 1.76 bits per heavy atom. The maximum Gasteiger partial charge on any atom is 0.316 e. The van der Waals surface area contributed by atoms with Crippen LogP contribution in [-0.2, 0) is 9.53 Å². The van der Waals surface area contributed by atoms with Gasteiger partial charge in [0.25, 0.3) is 0 Å². The molecule has 0 aliphatic heterocycles. The van der Waals surface area contributed by atoms with Crippen molar-refractivity contribution in [2.75, 3.05) is 5.75 Å². The first-order chi connectivity index (χ1) is 12.1. The summed E-state index contributed by atoms with van der Waals surface area (Å²) in [5.41, 5.74) is 2.28. The molecule has 0 aliphatic rings. The van der Waals surface area contributed by atoms with Gasteiger partial charge in [-0.3, -0.25) is 9.59 Å². The lowest BCUT2D eigenvalue weighted by molar-refractivity contribution is -0.143. The smallest absolute Gasteiger partial charge is 0.316 e. The zero-order valence-electron chi connectivity index (χ0n) is 14.1. The molecule has 3 aromatic rings. The number of aromatic amines is 1. The highest BCUT2D eigenvalue weighted by Crippen LogP contribution is 2.24. The van der Waals surface area contributed by atoms with E-state index in [1.807, 2.05) is 61.5 Å². The van der Waals surface area contributed by atoms with Crippen molar-refractivity contribution >= 4 is 34.4 Å². The molecule has 2 aromatic carbocycles. The topological polar surface area (TPSA) is 59.2 Å². The van der Waals surface area contributed by atoms with Crippen LogP contribution in [0.4, 0.5) is 0 Å². The van der Waals surface area contributed by atoms with Crippen molar-refractivity contribution < 1.29 is 14.3 Å². The van der Waals surface area contributed by atoms with Gasteiger partial charge in [-0.05, 0) is 32.0 Å². The highest BCUT2D eigenvalue weighted by molar-refractivity contribution is 8.00. The number of para-hydroxylation sites is 1. The van der Waals surface area contributed by atoms with Crippen LogP contribution in [0, 0.1) is 6.92 Å². The van der Waals surface area contributed by atoms with E-state index in [4.69, 9.17) is 4.74 Å².